The van der Waals surface area contributed by atoms with Gasteiger partial charge < -0.3 is 10.1 Å². The summed E-state index contributed by atoms with van der Waals surface area (Å²) in [5.41, 5.74) is 1.81. The molecular weight excluding hydrogens is 246 g/mol. The van der Waals surface area contributed by atoms with E-state index in [1.807, 2.05) is 0 Å². The largest absolute Gasteiger partial charge is 0.376 e. The second-order valence-electron chi connectivity index (χ2n) is 7.29. The lowest BCUT2D eigenvalue weighted by molar-refractivity contribution is 0.0329. The van der Waals surface area contributed by atoms with Crippen LogP contribution in [-0.2, 0) is 11.3 Å². The van der Waals surface area contributed by atoms with E-state index in [1.54, 1.807) is 0 Å². The van der Waals surface area contributed by atoms with Crippen LogP contribution in [0.4, 0.5) is 0 Å². The summed E-state index contributed by atoms with van der Waals surface area (Å²) >= 11 is 0. The molecule has 2 heteroatoms. The molecule has 0 atom stereocenters. The second kappa shape index (κ2) is 6.73. The molecule has 1 aromatic rings. The van der Waals surface area contributed by atoms with Crippen LogP contribution in [-0.4, -0.2) is 18.7 Å². The van der Waals surface area contributed by atoms with E-state index in [0.29, 0.717) is 5.41 Å². The summed E-state index contributed by atoms with van der Waals surface area (Å²) in [5, 5.41) is 3.67. The Morgan fingerprint density at radius 3 is 2.35 bits per heavy atom. The summed E-state index contributed by atoms with van der Waals surface area (Å²) in [5.74, 6) is 0. The van der Waals surface area contributed by atoms with Crippen LogP contribution in [0.25, 0.3) is 0 Å². The SMILES string of the molecule is CC(C)(C)NCC1(COCc2ccccc2)CCCC1. The van der Waals surface area contributed by atoms with Crippen LogP contribution in [0.1, 0.15) is 52.0 Å². The van der Waals surface area contributed by atoms with Gasteiger partial charge in [0.25, 0.3) is 0 Å². The Hall–Kier alpha value is -0.860. The predicted octanol–water partition coefficient (Wildman–Crippen LogP) is 4.15. The van der Waals surface area contributed by atoms with Crippen LogP contribution in [0.5, 0.6) is 0 Å². The van der Waals surface area contributed by atoms with Gasteiger partial charge in [-0.15, -0.1) is 0 Å². The van der Waals surface area contributed by atoms with Crippen molar-refractivity contribution in [3.63, 3.8) is 0 Å². The van der Waals surface area contributed by atoms with Gasteiger partial charge in [-0.3, -0.25) is 0 Å². The molecule has 0 bridgehead atoms. The first kappa shape index (κ1) is 15.5. The van der Waals surface area contributed by atoms with E-state index in [2.05, 4.69) is 56.4 Å². The summed E-state index contributed by atoms with van der Waals surface area (Å²) in [7, 11) is 0. The van der Waals surface area contributed by atoms with E-state index >= 15 is 0 Å². The van der Waals surface area contributed by atoms with Gasteiger partial charge in [0.05, 0.1) is 13.2 Å². The van der Waals surface area contributed by atoms with Crippen LogP contribution >= 0.6 is 0 Å². The first-order chi connectivity index (χ1) is 9.49. The number of hydrogen-bond acceptors (Lipinski definition) is 2. The third kappa shape index (κ3) is 4.92. The van der Waals surface area contributed by atoms with Crippen LogP contribution in [0.2, 0.25) is 0 Å². The van der Waals surface area contributed by atoms with Crippen molar-refractivity contribution in [2.24, 2.45) is 5.41 Å². The topological polar surface area (TPSA) is 21.3 Å². The fourth-order valence-electron chi connectivity index (χ4n) is 2.91. The molecule has 0 spiro atoms. The van der Waals surface area contributed by atoms with E-state index in [9.17, 15) is 0 Å². The summed E-state index contributed by atoms with van der Waals surface area (Å²) in [6.07, 6.45) is 5.29. The molecule has 0 saturated heterocycles. The van der Waals surface area contributed by atoms with Crippen molar-refractivity contribution in [3.05, 3.63) is 35.9 Å². The Morgan fingerprint density at radius 2 is 1.75 bits per heavy atom. The van der Waals surface area contributed by atoms with Gasteiger partial charge >= 0.3 is 0 Å². The molecule has 2 nitrogen and oxygen atoms in total. The molecule has 112 valence electrons. The highest BCUT2D eigenvalue weighted by Gasteiger charge is 2.34. The molecule has 0 aromatic heterocycles. The minimum Gasteiger partial charge on any atom is -0.376 e. The Balaban J connectivity index is 1.83. The van der Waals surface area contributed by atoms with Crippen molar-refractivity contribution in [2.45, 2.75) is 58.6 Å². The normalized spacial score (nSPS) is 18.4. The highest BCUT2D eigenvalue weighted by atomic mass is 16.5. The Labute approximate surface area is 123 Å². The molecule has 1 aromatic carbocycles. The van der Waals surface area contributed by atoms with Crippen molar-refractivity contribution in [1.29, 1.82) is 0 Å². The molecule has 2 rings (SSSR count). The molecule has 0 unspecified atom stereocenters. The zero-order chi connectivity index (χ0) is 14.5. The maximum absolute atomic E-state index is 6.03. The molecule has 0 aliphatic heterocycles. The third-order valence-electron chi connectivity index (χ3n) is 4.18. The summed E-state index contributed by atoms with van der Waals surface area (Å²) < 4.78 is 6.03. The van der Waals surface area contributed by atoms with E-state index in [0.717, 1.165) is 19.8 Å². The summed E-state index contributed by atoms with van der Waals surface area (Å²) in [6.45, 7) is 9.40. The smallest absolute Gasteiger partial charge is 0.0717 e. The molecule has 1 aliphatic carbocycles. The number of nitrogens with one attached hydrogen (secondary N) is 1. The van der Waals surface area contributed by atoms with Crippen molar-refractivity contribution < 1.29 is 4.74 Å². The van der Waals surface area contributed by atoms with Crippen LogP contribution in [0, 0.1) is 5.41 Å². The number of ether oxygens (including phenoxy) is 1. The van der Waals surface area contributed by atoms with Gasteiger partial charge in [0.1, 0.15) is 0 Å². The maximum Gasteiger partial charge on any atom is 0.0717 e. The molecule has 0 amide bonds. The van der Waals surface area contributed by atoms with Crippen LogP contribution in [0.15, 0.2) is 30.3 Å². The molecule has 0 heterocycles. The van der Waals surface area contributed by atoms with E-state index < -0.39 is 0 Å². The zero-order valence-electron chi connectivity index (χ0n) is 13.2. The lowest BCUT2D eigenvalue weighted by Crippen LogP contribution is -2.44. The van der Waals surface area contributed by atoms with Crippen molar-refractivity contribution in [1.82, 2.24) is 5.32 Å². The molecule has 20 heavy (non-hydrogen) atoms. The quantitative estimate of drug-likeness (QED) is 0.842. The number of hydrogen-bond donors (Lipinski definition) is 1. The minimum absolute atomic E-state index is 0.190. The number of benzene rings is 1. The van der Waals surface area contributed by atoms with Gasteiger partial charge in [-0.1, -0.05) is 43.2 Å². The lowest BCUT2D eigenvalue weighted by Gasteiger charge is -2.33. The highest BCUT2D eigenvalue weighted by Crippen LogP contribution is 2.38. The maximum atomic E-state index is 6.03. The summed E-state index contributed by atoms with van der Waals surface area (Å²) in [6, 6.07) is 10.5. The van der Waals surface area contributed by atoms with Gasteiger partial charge in [-0.05, 0) is 39.2 Å². The monoisotopic (exact) mass is 275 g/mol. The molecule has 0 radical (unpaired) electrons. The lowest BCUT2D eigenvalue weighted by atomic mass is 9.86. The third-order valence-corrected chi connectivity index (χ3v) is 4.18. The van der Waals surface area contributed by atoms with Crippen molar-refractivity contribution in [2.75, 3.05) is 13.2 Å². The Bertz CT molecular complexity index is 388. The highest BCUT2D eigenvalue weighted by molar-refractivity contribution is 5.13. The summed E-state index contributed by atoms with van der Waals surface area (Å²) in [4.78, 5) is 0. The van der Waals surface area contributed by atoms with Gasteiger partial charge in [-0.2, -0.15) is 0 Å². The fraction of sp³-hybridized carbons (Fsp3) is 0.667. The molecule has 1 N–H and O–H groups in total. The van der Waals surface area contributed by atoms with Gasteiger partial charge in [0, 0.05) is 17.5 Å². The van der Waals surface area contributed by atoms with Crippen LogP contribution in [0.3, 0.4) is 0 Å². The average Bonchev–Trinajstić information content (AvgIpc) is 2.86. The Kier molecular flexibility index (Phi) is 5.22. The van der Waals surface area contributed by atoms with Crippen molar-refractivity contribution in [3.8, 4) is 0 Å². The van der Waals surface area contributed by atoms with Gasteiger partial charge in [-0.25, -0.2) is 0 Å². The van der Waals surface area contributed by atoms with Crippen LogP contribution < -0.4 is 5.32 Å². The average molecular weight is 275 g/mol. The molecule has 1 aliphatic rings. The minimum atomic E-state index is 0.190. The molecule has 1 fully saturated rings. The first-order valence-electron chi connectivity index (χ1n) is 7.86. The van der Waals surface area contributed by atoms with E-state index in [-0.39, 0.29) is 5.54 Å². The standard InChI is InChI=1S/C18H29NO/c1-17(2,3)19-14-18(11-7-8-12-18)15-20-13-16-9-5-4-6-10-16/h4-6,9-10,19H,7-8,11-15H2,1-3H3. The van der Waals surface area contributed by atoms with E-state index in [1.165, 1.54) is 31.2 Å². The van der Waals surface area contributed by atoms with Crippen molar-refractivity contribution >= 4 is 0 Å². The van der Waals surface area contributed by atoms with Gasteiger partial charge in [0.15, 0.2) is 0 Å². The second-order valence-corrected chi connectivity index (χ2v) is 7.29. The molecular formula is C18H29NO. The number of rotatable bonds is 6. The molecule has 1 saturated carbocycles. The fourth-order valence-corrected chi connectivity index (χ4v) is 2.91. The predicted molar refractivity (Wildman–Crippen MR) is 84.8 cm³/mol. The zero-order valence-corrected chi connectivity index (χ0v) is 13.2. The Morgan fingerprint density at radius 1 is 1.10 bits per heavy atom. The van der Waals surface area contributed by atoms with E-state index in [4.69, 9.17) is 4.74 Å². The first-order valence-corrected chi connectivity index (χ1v) is 7.86. The van der Waals surface area contributed by atoms with Gasteiger partial charge in [0.2, 0.25) is 0 Å².